The maximum absolute atomic E-state index is 12.5. The van der Waals surface area contributed by atoms with E-state index in [1.807, 2.05) is 11.8 Å². The topological polar surface area (TPSA) is 61.8 Å². The lowest BCUT2D eigenvalue weighted by molar-refractivity contribution is -0.141. The van der Waals surface area contributed by atoms with Gasteiger partial charge < -0.3 is 19.4 Å². The van der Waals surface area contributed by atoms with Crippen molar-refractivity contribution in [3.63, 3.8) is 0 Å². The highest BCUT2D eigenvalue weighted by Gasteiger charge is 2.30. The number of amides is 1. The molecule has 4 heterocycles. The molecule has 1 unspecified atom stereocenters. The van der Waals surface area contributed by atoms with Crippen LogP contribution in [0.5, 0.6) is 0 Å². The Morgan fingerprint density at radius 2 is 1.80 bits per heavy atom. The molecule has 7 nitrogen and oxygen atoms in total. The number of hydrogen-bond acceptors (Lipinski definition) is 6. The van der Waals surface area contributed by atoms with E-state index >= 15 is 0 Å². The second-order valence-electron chi connectivity index (χ2n) is 7.18. The third-order valence-electron chi connectivity index (χ3n) is 5.34. The lowest BCUT2D eigenvalue weighted by Gasteiger charge is -2.36. The minimum absolute atomic E-state index is 0.161. The highest BCUT2D eigenvalue weighted by atomic mass is 16.5. The van der Waals surface area contributed by atoms with Crippen LogP contribution in [-0.2, 0) is 9.53 Å². The fourth-order valence-electron chi connectivity index (χ4n) is 3.89. The molecule has 1 atom stereocenters. The molecular formula is C18H27N5O2. The van der Waals surface area contributed by atoms with Gasteiger partial charge in [-0.1, -0.05) is 0 Å². The summed E-state index contributed by atoms with van der Waals surface area (Å²) in [5.74, 6) is 2.00. The lowest BCUT2D eigenvalue weighted by Crippen LogP contribution is -2.51. The van der Waals surface area contributed by atoms with Crippen LogP contribution in [0, 0.1) is 6.92 Å². The number of ether oxygens (including phenoxy) is 1. The summed E-state index contributed by atoms with van der Waals surface area (Å²) in [5, 5.41) is 0. The van der Waals surface area contributed by atoms with Crippen LogP contribution in [0.1, 0.15) is 31.4 Å². The molecule has 136 valence electrons. The summed E-state index contributed by atoms with van der Waals surface area (Å²) in [6.07, 6.45) is 4.08. The van der Waals surface area contributed by atoms with E-state index in [0.29, 0.717) is 0 Å². The Morgan fingerprint density at radius 3 is 2.48 bits per heavy atom. The van der Waals surface area contributed by atoms with Gasteiger partial charge in [0.1, 0.15) is 11.9 Å². The van der Waals surface area contributed by atoms with Crippen LogP contribution < -0.4 is 9.80 Å². The maximum Gasteiger partial charge on any atom is 0.251 e. The molecule has 1 amide bonds. The molecule has 0 saturated carbocycles. The molecule has 0 bridgehead atoms. The number of rotatable bonds is 3. The Morgan fingerprint density at radius 1 is 1.04 bits per heavy atom. The Labute approximate surface area is 149 Å². The van der Waals surface area contributed by atoms with Crippen LogP contribution >= 0.6 is 0 Å². The molecule has 0 N–H and O–H groups in total. The minimum Gasteiger partial charge on any atom is -0.368 e. The molecule has 4 rings (SSSR count). The van der Waals surface area contributed by atoms with Crippen molar-refractivity contribution in [1.82, 2.24) is 14.9 Å². The van der Waals surface area contributed by atoms with Crippen molar-refractivity contribution in [2.75, 3.05) is 55.7 Å². The third kappa shape index (κ3) is 3.56. The Kier molecular flexibility index (Phi) is 4.74. The number of nitrogens with zero attached hydrogens (tertiary/aromatic N) is 5. The number of hydrogen-bond donors (Lipinski definition) is 0. The van der Waals surface area contributed by atoms with Gasteiger partial charge in [-0.3, -0.25) is 4.79 Å². The zero-order valence-electron chi connectivity index (χ0n) is 15.0. The maximum atomic E-state index is 12.5. The monoisotopic (exact) mass is 345 g/mol. The highest BCUT2D eigenvalue weighted by Crippen LogP contribution is 2.22. The Balaban J connectivity index is 1.41. The number of piperazine rings is 1. The second-order valence-corrected chi connectivity index (χ2v) is 7.18. The van der Waals surface area contributed by atoms with Crippen LogP contribution in [0.15, 0.2) is 6.07 Å². The molecule has 3 fully saturated rings. The largest absolute Gasteiger partial charge is 0.368 e. The van der Waals surface area contributed by atoms with Gasteiger partial charge in [-0.05, 0) is 32.6 Å². The molecule has 3 saturated heterocycles. The standard InChI is InChI=1S/C18H27N5O2/c1-14-13-16(20-18(19-14)23-6-2-3-7-23)21-8-10-22(11-9-21)17(24)15-5-4-12-25-15/h13,15H,2-12H2,1H3. The normalized spacial score (nSPS) is 24.2. The minimum atomic E-state index is -0.213. The van der Waals surface area contributed by atoms with Gasteiger partial charge in [-0.15, -0.1) is 0 Å². The van der Waals surface area contributed by atoms with Crippen molar-refractivity contribution in [1.29, 1.82) is 0 Å². The number of aromatic nitrogens is 2. The fourth-order valence-corrected chi connectivity index (χ4v) is 3.89. The van der Waals surface area contributed by atoms with Crippen LogP contribution in [0.25, 0.3) is 0 Å². The summed E-state index contributed by atoms with van der Waals surface area (Å²) in [6.45, 7) is 7.95. The van der Waals surface area contributed by atoms with Crippen LogP contribution in [0.2, 0.25) is 0 Å². The van der Waals surface area contributed by atoms with Gasteiger partial charge in [0.05, 0.1) is 0 Å². The van der Waals surface area contributed by atoms with Crippen molar-refractivity contribution in [2.24, 2.45) is 0 Å². The van der Waals surface area contributed by atoms with Crippen molar-refractivity contribution in [2.45, 2.75) is 38.7 Å². The number of anilines is 2. The van der Waals surface area contributed by atoms with Crippen molar-refractivity contribution >= 4 is 17.7 Å². The van der Waals surface area contributed by atoms with Crippen LogP contribution in [-0.4, -0.2) is 72.8 Å². The fraction of sp³-hybridized carbons (Fsp3) is 0.722. The second kappa shape index (κ2) is 7.15. The van der Waals surface area contributed by atoms with Crippen molar-refractivity contribution in [3.05, 3.63) is 11.8 Å². The first-order valence-corrected chi connectivity index (χ1v) is 9.47. The van der Waals surface area contributed by atoms with Gasteiger partial charge in [0.25, 0.3) is 5.91 Å². The van der Waals surface area contributed by atoms with E-state index in [-0.39, 0.29) is 12.0 Å². The third-order valence-corrected chi connectivity index (χ3v) is 5.34. The van der Waals surface area contributed by atoms with E-state index < -0.39 is 0 Å². The average Bonchev–Trinajstić information content (AvgIpc) is 3.34. The smallest absolute Gasteiger partial charge is 0.251 e. The Hall–Kier alpha value is -1.89. The van der Waals surface area contributed by atoms with E-state index in [1.54, 1.807) is 0 Å². The predicted octanol–water partition coefficient (Wildman–Crippen LogP) is 1.21. The van der Waals surface area contributed by atoms with Crippen LogP contribution in [0.3, 0.4) is 0 Å². The average molecular weight is 345 g/mol. The summed E-state index contributed by atoms with van der Waals surface area (Å²) >= 11 is 0. The molecule has 0 aliphatic carbocycles. The summed E-state index contributed by atoms with van der Waals surface area (Å²) in [5.41, 5.74) is 1.00. The quantitative estimate of drug-likeness (QED) is 0.821. The predicted molar refractivity (Wildman–Crippen MR) is 96.0 cm³/mol. The van der Waals surface area contributed by atoms with Crippen molar-refractivity contribution < 1.29 is 9.53 Å². The van der Waals surface area contributed by atoms with Crippen molar-refractivity contribution in [3.8, 4) is 0 Å². The molecule has 3 aliphatic rings. The lowest BCUT2D eigenvalue weighted by atomic mass is 10.2. The van der Waals surface area contributed by atoms with Gasteiger partial charge in [0.15, 0.2) is 0 Å². The molecule has 0 radical (unpaired) electrons. The SMILES string of the molecule is Cc1cc(N2CCN(C(=O)C3CCCO3)CC2)nc(N2CCCC2)n1. The van der Waals surface area contributed by atoms with Gasteiger partial charge >= 0.3 is 0 Å². The summed E-state index contributed by atoms with van der Waals surface area (Å²) in [6, 6.07) is 2.05. The summed E-state index contributed by atoms with van der Waals surface area (Å²) < 4.78 is 5.54. The summed E-state index contributed by atoms with van der Waals surface area (Å²) in [4.78, 5) is 28.4. The van der Waals surface area contributed by atoms with E-state index in [1.165, 1.54) is 12.8 Å². The van der Waals surface area contributed by atoms with Gasteiger partial charge in [-0.2, -0.15) is 4.98 Å². The first-order valence-electron chi connectivity index (χ1n) is 9.47. The zero-order valence-corrected chi connectivity index (χ0v) is 15.0. The molecular weight excluding hydrogens is 318 g/mol. The molecule has 25 heavy (non-hydrogen) atoms. The molecule has 3 aliphatic heterocycles. The van der Waals surface area contributed by atoms with Gasteiger partial charge in [0, 0.05) is 57.6 Å². The van der Waals surface area contributed by atoms with Gasteiger partial charge in [-0.25, -0.2) is 4.98 Å². The first-order chi connectivity index (χ1) is 12.2. The van der Waals surface area contributed by atoms with E-state index in [4.69, 9.17) is 9.72 Å². The van der Waals surface area contributed by atoms with Crippen LogP contribution in [0.4, 0.5) is 11.8 Å². The number of carbonyl (C=O) groups excluding carboxylic acids is 1. The molecule has 1 aromatic rings. The van der Waals surface area contributed by atoms with E-state index in [9.17, 15) is 4.79 Å². The van der Waals surface area contributed by atoms with E-state index in [0.717, 1.165) is 76.2 Å². The number of aryl methyl sites for hydroxylation is 1. The Bertz CT molecular complexity index is 618. The molecule has 1 aromatic heterocycles. The first kappa shape index (κ1) is 16.6. The molecule has 0 spiro atoms. The zero-order chi connectivity index (χ0) is 17.2. The summed E-state index contributed by atoms with van der Waals surface area (Å²) in [7, 11) is 0. The van der Waals surface area contributed by atoms with E-state index in [2.05, 4.69) is 20.9 Å². The molecule has 7 heteroatoms. The van der Waals surface area contributed by atoms with Gasteiger partial charge in [0.2, 0.25) is 5.95 Å². The highest BCUT2D eigenvalue weighted by molar-refractivity contribution is 5.81. The number of carbonyl (C=O) groups is 1. The molecule has 0 aromatic carbocycles.